The number of likely N-dealkylation sites (tertiary alicyclic amines) is 2. The highest BCUT2D eigenvalue weighted by molar-refractivity contribution is 6.01. The number of non-ortho nitro benzene ring substituents is 1. The zero-order valence-corrected chi connectivity index (χ0v) is 72.0. The van der Waals surface area contributed by atoms with Gasteiger partial charge in [0, 0.05) is 98.2 Å². The van der Waals surface area contributed by atoms with Gasteiger partial charge in [-0.05, 0) is 133 Å². The number of carboxylic acids is 1. The number of benzene rings is 4. The second-order valence-electron chi connectivity index (χ2n) is 33.1. The molecule has 8 aromatic rings. The maximum Gasteiger partial charge on any atom is 0.326 e. The summed E-state index contributed by atoms with van der Waals surface area (Å²) in [4.78, 5) is 240. The summed E-state index contributed by atoms with van der Waals surface area (Å²) in [5.41, 5.74) is 20.5. The second-order valence-corrected chi connectivity index (χ2v) is 33.1. The highest BCUT2D eigenvalue weighted by Crippen LogP contribution is 2.31. The third-order valence-corrected chi connectivity index (χ3v) is 22.4. The fourth-order valence-electron chi connectivity index (χ4n) is 15.7. The number of carboxylic acid groups (broad SMARTS) is 1. The minimum absolute atomic E-state index is 0.00671. The molecule has 0 radical (unpaired) electrons. The smallest absolute Gasteiger partial charge is 0.326 e. The van der Waals surface area contributed by atoms with Crippen LogP contribution in [-0.4, -0.2) is 243 Å². The van der Waals surface area contributed by atoms with Gasteiger partial charge in [-0.1, -0.05) is 96.0 Å². The van der Waals surface area contributed by atoms with E-state index in [0.717, 1.165) is 27.4 Å². The number of rotatable bonds is 48. The van der Waals surface area contributed by atoms with Crippen LogP contribution in [-0.2, 0) is 97.6 Å². The van der Waals surface area contributed by atoms with Gasteiger partial charge in [0.25, 0.3) is 0 Å². The van der Waals surface area contributed by atoms with Gasteiger partial charge in [-0.15, -0.1) is 0 Å². The number of aromatic hydroxyl groups is 1. The molecule has 0 spiro atoms. The molecule has 10 rings (SSSR count). The summed E-state index contributed by atoms with van der Waals surface area (Å²) in [6.07, 6.45) is 5.55. The number of anilines is 1. The summed E-state index contributed by atoms with van der Waals surface area (Å²) in [5, 5.41) is 70.4. The fourth-order valence-corrected chi connectivity index (χ4v) is 15.7. The van der Waals surface area contributed by atoms with E-state index in [4.69, 9.17) is 21.8 Å². The molecule has 43 heteroatoms. The molecule has 0 saturated carbocycles. The van der Waals surface area contributed by atoms with Crippen LogP contribution in [0.1, 0.15) is 140 Å². The van der Waals surface area contributed by atoms with Crippen LogP contribution in [0.25, 0.3) is 32.8 Å². The maximum absolute atomic E-state index is 15.3. The predicted octanol–water partition coefficient (Wildman–Crippen LogP) is 0.592. The first-order valence-corrected chi connectivity index (χ1v) is 42.8. The molecule has 2 saturated heterocycles. The number of hydrogen-bond acceptors (Lipinski definition) is 24. The van der Waals surface area contributed by atoms with Crippen molar-refractivity contribution < 1.29 is 91.7 Å². The van der Waals surface area contributed by atoms with E-state index < -0.39 is 210 Å². The molecule has 0 unspecified atom stereocenters. The average molecular weight is 1790 g/mol. The summed E-state index contributed by atoms with van der Waals surface area (Å²) >= 11 is 0. The number of nitro groups is 1. The molecule has 2 fully saturated rings. The van der Waals surface area contributed by atoms with Gasteiger partial charge in [-0.3, -0.25) is 77.2 Å². The molecule has 12 atom stereocenters. The zero-order valence-electron chi connectivity index (χ0n) is 72.0. The lowest BCUT2D eigenvalue weighted by molar-refractivity contribution is -0.383. The van der Waals surface area contributed by atoms with E-state index in [1.165, 1.54) is 47.8 Å². The quantitative estimate of drug-likeness (QED) is 0.0183. The van der Waals surface area contributed by atoms with Gasteiger partial charge in [-0.25, -0.2) is 14.4 Å². The van der Waals surface area contributed by atoms with E-state index in [1.807, 2.05) is 37.3 Å². The molecular formula is C86H111N23O20. The topological polar surface area (TPSA) is 656 Å². The van der Waals surface area contributed by atoms with Crippen molar-refractivity contribution in [3.8, 4) is 5.75 Å². The maximum atomic E-state index is 15.3. The number of primary amides is 2. The summed E-state index contributed by atoms with van der Waals surface area (Å²) in [5.74, 6) is -14.5. The first-order chi connectivity index (χ1) is 61.6. The summed E-state index contributed by atoms with van der Waals surface area (Å²) in [6, 6.07) is 5.47. The number of aromatic nitrogens is 6. The van der Waals surface area contributed by atoms with Gasteiger partial charge < -0.3 is 111 Å². The number of phenolic OH excluding ortho intramolecular Hbond substituents is 1. The Balaban J connectivity index is 0.836. The summed E-state index contributed by atoms with van der Waals surface area (Å²) < 4.78 is 4.87. The monoisotopic (exact) mass is 1790 g/mol. The minimum Gasteiger partial charge on any atom is -0.508 e. The van der Waals surface area contributed by atoms with Crippen molar-refractivity contribution in [1.82, 2.24) is 93.2 Å². The van der Waals surface area contributed by atoms with Gasteiger partial charge in [0.2, 0.25) is 88.2 Å². The molecule has 0 bridgehead atoms. The number of phenols is 1. The second kappa shape index (κ2) is 45.6. The van der Waals surface area contributed by atoms with Crippen LogP contribution in [0.4, 0.5) is 11.4 Å². The van der Waals surface area contributed by atoms with Gasteiger partial charge in [0.1, 0.15) is 72.2 Å². The number of aliphatic carboxylic acids is 1. The van der Waals surface area contributed by atoms with Crippen molar-refractivity contribution in [3.63, 3.8) is 0 Å². The molecule has 2 aliphatic rings. The number of H-pyrrole nitrogens is 3. The first kappa shape index (κ1) is 96.8. The molecule has 129 heavy (non-hydrogen) atoms. The van der Waals surface area contributed by atoms with E-state index in [0.29, 0.717) is 40.6 Å². The van der Waals surface area contributed by atoms with Crippen LogP contribution in [0.15, 0.2) is 114 Å². The largest absolute Gasteiger partial charge is 0.508 e. The molecule has 0 aliphatic carbocycles. The Morgan fingerprint density at radius 3 is 1.60 bits per heavy atom. The number of aromatic amines is 3. The lowest BCUT2D eigenvalue weighted by atomic mass is 9.99. The first-order valence-electron chi connectivity index (χ1n) is 42.8. The van der Waals surface area contributed by atoms with Crippen molar-refractivity contribution in [1.29, 1.82) is 0 Å². The Kier molecular flexibility index (Phi) is 34.3. The molecule has 22 N–H and O–H groups in total. The number of fused-ring (bicyclic) bond motifs is 3. The van der Waals surface area contributed by atoms with Crippen LogP contribution in [0.5, 0.6) is 5.75 Å². The third kappa shape index (κ3) is 26.8. The molecule has 2 aliphatic heterocycles. The number of imidazole rings is 1. The lowest BCUT2D eigenvalue weighted by Crippen LogP contribution is -2.61. The SMILES string of the molecule is CCCC[C@H](NC(=O)[C@@H]1CCCN1C(=O)[C@H](CCC(N)=O)NC(=O)CNC(=O)[C@@H]1CCCN1C(=O)[C@H](CNc1ccc([N+](=O)[O-])c2nonc12)NC(=O)[C@H](CC(C)C)NC(=O)[C@H](CCC(N)=O)NC(=O)[C@H](CC(C)C)NC(=O)[C@H](Cc1c[nH]c2ccccc12)NC(=O)[C@H](Cc1c[nH]cn1)NC(=O)[C@@H](N)Cc1c[nH]c2ccccc12)C(=O)N[C@@H](Cc1ccc(O)cc1)C(=O)O. The van der Waals surface area contributed by atoms with Crippen LogP contribution in [0.3, 0.4) is 0 Å². The molecule has 43 nitrogen and oxygen atoms in total. The Morgan fingerprint density at radius 1 is 0.550 bits per heavy atom. The van der Waals surface area contributed by atoms with Crippen LogP contribution in [0.2, 0.25) is 0 Å². The fraction of sp³-hybridized carbons (Fsp3) is 0.465. The van der Waals surface area contributed by atoms with Gasteiger partial charge in [0.15, 0.2) is 5.52 Å². The summed E-state index contributed by atoms with van der Waals surface area (Å²) in [7, 11) is 0. The standard InChI is InChI=1S/C86H111N23O20/c1-6-7-16-58(76(115)103-65(86(125)126)35-47-21-23-51(110)24-22-47)98-83(122)69-20-13-32-108(69)84(123)60(27-30-71(89)112)96-72(113)43-94-82(121)68-19-12-31-107(68)85(124)66(42-93-57-25-28-67(109(127)128)74-73(57)105-129-106-74)104-79(118)62(34-46(4)5)100-77(116)59(26-29-70(88)111)97-78(117)61(33-45(2)3)101-80(119)63(37-49-40-92-56-18-11-9-15-53(49)56)102-81(120)64(38-50-41-90-44-95-50)99-75(114)54(87)36-48-39-91-55-17-10-8-14-52(48)55/h8-11,14-15,17-18,21-25,28,39-41,44-46,54,58-66,68-69,91-93,110H,6-7,12-13,16,19-20,26-27,29-38,42-43,87H2,1-5H3,(H2,88,111)(H2,89,112)(H,90,95)(H,94,121)(H,96,113)(H,97,117)(H,98,122)(H,99,114)(H,100,116)(H,101,119)(H,102,120)(H,103,115)(H,104,118)(H,125,126)/t54-,58-,59-,60-,61-,62-,63-,64-,65-,66-,68-,69-/m0/s1. The number of nitro benzene ring substituents is 1. The molecule has 6 heterocycles. The number of nitrogens with zero attached hydrogens (tertiary/aromatic N) is 6. The molecule has 4 aromatic carbocycles. The lowest BCUT2D eigenvalue weighted by Gasteiger charge is -2.31. The van der Waals surface area contributed by atoms with E-state index in [9.17, 15) is 73.1 Å². The Morgan fingerprint density at radius 2 is 1.05 bits per heavy atom. The van der Waals surface area contributed by atoms with E-state index >= 15 is 19.2 Å². The van der Waals surface area contributed by atoms with E-state index in [-0.39, 0.29) is 119 Å². The number of nitrogens with one attached hydrogen (secondary N) is 14. The van der Waals surface area contributed by atoms with Crippen molar-refractivity contribution in [2.75, 3.05) is 31.5 Å². The van der Waals surface area contributed by atoms with Crippen LogP contribution < -0.4 is 75.7 Å². The normalized spacial score (nSPS) is 16.1. The van der Waals surface area contributed by atoms with Gasteiger partial charge >= 0.3 is 11.7 Å². The number of nitrogens with two attached hydrogens (primary N) is 3. The number of carbonyl (C=O) groups excluding carboxylic acids is 14. The van der Waals surface area contributed by atoms with Crippen molar-refractivity contribution in [2.24, 2.45) is 29.0 Å². The Labute approximate surface area is 739 Å². The average Bonchev–Trinajstić information content (AvgIpc) is 1.69. The zero-order chi connectivity index (χ0) is 93.3. The van der Waals surface area contributed by atoms with Gasteiger partial charge in [0.05, 0.1) is 35.2 Å². The van der Waals surface area contributed by atoms with Crippen LogP contribution >= 0.6 is 0 Å². The van der Waals surface area contributed by atoms with E-state index in [1.54, 1.807) is 58.3 Å². The number of para-hydroxylation sites is 2. The van der Waals surface area contributed by atoms with Crippen molar-refractivity contribution in [3.05, 3.63) is 142 Å². The Bertz CT molecular complexity index is 5360. The third-order valence-electron chi connectivity index (χ3n) is 22.4. The van der Waals surface area contributed by atoms with Crippen molar-refractivity contribution in [2.45, 2.75) is 216 Å². The number of hydrogen-bond donors (Lipinski definition) is 19. The number of carbonyl (C=O) groups is 15. The number of unbranched alkanes of at least 4 members (excludes halogenated alkanes) is 1. The van der Waals surface area contributed by atoms with Gasteiger partial charge in [-0.2, -0.15) is 0 Å². The molecule has 4 aromatic heterocycles. The minimum atomic E-state index is -1.71. The molecule has 690 valence electrons. The highest BCUT2D eigenvalue weighted by Gasteiger charge is 2.43. The predicted molar refractivity (Wildman–Crippen MR) is 466 cm³/mol. The number of amides is 14. The van der Waals surface area contributed by atoms with E-state index in [2.05, 4.69) is 88.7 Å². The van der Waals surface area contributed by atoms with Crippen molar-refractivity contribution >= 4 is 133 Å². The Hall–Kier alpha value is -14.4. The molecular weight excluding hydrogens is 1680 g/mol. The summed E-state index contributed by atoms with van der Waals surface area (Å²) in [6.45, 7) is 7.24. The highest BCUT2D eigenvalue weighted by atomic mass is 16.6. The molecule has 14 amide bonds. The van der Waals surface area contributed by atoms with Crippen LogP contribution in [0, 0.1) is 22.0 Å².